The molecule has 2 heterocycles. The molecule has 7 nitrogen and oxygen atoms in total. The molecule has 146 valence electrons. The van der Waals surface area contributed by atoms with Crippen LogP contribution in [0.15, 0.2) is 27.6 Å². The van der Waals surface area contributed by atoms with Gasteiger partial charge in [-0.05, 0) is 56.9 Å². The molecule has 0 N–H and O–H groups in total. The van der Waals surface area contributed by atoms with Crippen LogP contribution in [0.1, 0.15) is 54.6 Å². The SMILES string of the molecule is Cc1ccc(S(=O)(=O)N2CCN(C(C)c3nc(C4CC4)no3)CC2)cc1C. The topological polar surface area (TPSA) is 79.5 Å². The lowest BCUT2D eigenvalue weighted by atomic mass is 10.1. The van der Waals surface area contributed by atoms with Crippen molar-refractivity contribution >= 4 is 10.0 Å². The van der Waals surface area contributed by atoms with E-state index in [-0.39, 0.29) is 6.04 Å². The van der Waals surface area contributed by atoms with E-state index in [0.29, 0.717) is 42.9 Å². The van der Waals surface area contributed by atoms with Crippen LogP contribution in [0, 0.1) is 13.8 Å². The van der Waals surface area contributed by atoms with Gasteiger partial charge in [0, 0.05) is 32.1 Å². The highest BCUT2D eigenvalue weighted by atomic mass is 32.2. The smallest absolute Gasteiger partial charge is 0.243 e. The molecule has 2 aliphatic rings. The molecule has 27 heavy (non-hydrogen) atoms. The summed E-state index contributed by atoms with van der Waals surface area (Å²) in [6.07, 6.45) is 2.28. The summed E-state index contributed by atoms with van der Waals surface area (Å²) in [7, 11) is -3.46. The lowest BCUT2D eigenvalue weighted by molar-refractivity contribution is 0.124. The summed E-state index contributed by atoms with van der Waals surface area (Å²) in [5.74, 6) is 1.91. The molecule has 0 bridgehead atoms. The Balaban J connectivity index is 1.42. The Morgan fingerprint density at radius 3 is 2.44 bits per heavy atom. The molecule has 1 saturated carbocycles. The van der Waals surface area contributed by atoms with E-state index in [0.717, 1.165) is 29.8 Å². The molecule has 0 spiro atoms. The van der Waals surface area contributed by atoms with Crippen LogP contribution < -0.4 is 0 Å². The lowest BCUT2D eigenvalue weighted by Gasteiger charge is -2.36. The quantitative estimate of drug-likeness (QED) is 0.781. The van der Waals surface area contributed by atoms with Crippen LogP contribution in [0.25, 0.3) is 0 Å². The van der Waals surface area contributed by atoms with Gasteiger partial charge in [0.25, 0.3) is 0 Å². The summed E-state index contributed by atoms with van der Waals surface area (Å²) in [5, 5.41) is 4.08. The van der Waals surface area contributed by atoms with Crippen LogP contribution in [-0.2, 0) is 10.0 Å². The maximum atomic E-state index is 12.9. The van der Waals surface area contributed by atoms with Crippen LogP contribution in [-0.4, -0.2) is 53.9 Å². The molecule has 1 atom stereocenters. The summed E-state index contributed by atoms with van der Waals surface area (Å²) >= 11 is 0. The standard InChI is InChI=1S/C19H26N4O3S/c1-13-4-7-17(12-14(13)2)27(24,25)23-10-8-22(9-11-23)15(3)19-20-18(21-26-19)16-5-6-16/h4,7,12,15-16H,5-6,8-11H2,1-3H3. The zero-order valence-electron chi connectivity index (χ0n) is 16.1. The van der Waals surface area contributed by atoms with Crippen molar-refractivity contribution in [2.45, 2.75) is 50.5 Å². The largest absolute Gasteiger partial charge is 0.338 e. The maximum absolute atomic E-state index is 12.9. The molecule has 0 amide bonds. The highest BCUT2D eigenvalue weighted by Gasteiger charge is 2.33. The predicted molar refractivity (Wildman–Crippen MR) is 101 cm³/mol. The number of rotatable bonds is 5. The highest BCUT2D eigenvalue weighted by molar-refractivity contribution is 7.89. The van der Waals surface area contributed by atoms with Crippen LogP contribution in [0.3, 0.4) is 0 Å². The molecule has 1 aliphatic carbocycles. The van der Waals surface area contributed by atoms with Gasteiger partial charge in [-0.1, -0.05) is 11.2 Å². The van der Waals surface area contributed by atoms with Crippen molar-refractivity contribution in [2.24, 2.45) is 0 Å². The molecule has 1 aromatic heterocycles. The van der Waals surface area contributed by atoms with Gasteiger partial charge >= 0.3 is 0 Å². The zero-order chi connectivity index (χ0) is 19.2. The number of hydrogen-bond acceptors (Lipinski definition) is 6. The number of aromatic nitrogens is 2. The summed E-state index contributed by atoms with van der Waals surface area (Å²) in [4.78, 5) is 7.11. The summed E-state index contributed by atoms with van der Waals surface area (Å²) < 4.78 is 32.9. The Kier molecular flexibility index (Phi) is 4.82. The minimum absolute atomic E-state index is 0.00327. The van der Waals surface area contributed by atoms with Crippen molar-refractivity contribution < 1.29 is 12.9 Å². The molecular weight excluding hydrogens is 364 g/mol. The predicted octanol–water partition coefficient (Wildman–Crippen LogP) is 2.63. The third-order valence-corrected chi connectivity index (χ3v) is 7.59. The molecule has 2 fully saturated rings. The van der Waals surface area contributed by atoms with Gasteiger partial charge < -0.3 is 4.52 Å². The molecule has 1 unspecified atom stereocenters. The van der Waals surface area contributed by atoms with Crippen molar-refractivity contribution in [3.8, 4) is 0 Å². The Labute approximate surface area is 160 Å². The fourth-order valence-corrected chi connectivity index (χ4v) is 4.94. The van der Waals surface area contributed by atoms with Gasteiger partial charge in [0.15, 0.2) is 5.82 Å². The van der Waals surface area contributed by atoms with Crippen LogP contribution in [0.2, 0.25) is 0 Å². The van der Waals surface area contributed by atoms with E-state index in [1.54, 1.807) is 16.4 Å². The van der Waals surface area contributed by atoms with E-state index in [1.807, 2.05) is 26.8 Å². The Hall–Kier alpha value is -1.77. The first-order valence-electron chi connectivity index (χ1n) is 9.51. The Morgan fingerprint density at radius 1 is 1.11 bits per heavy atom. The van der Waals surface area contributed by atoms with Gasteiger partial charge in [0.05, 0.1) is 10.9 Å². The number of piperazine rings is 1. The van der Waals surface area contributed by atoms with Crippen molar-refractivity contribution in [3.63, 3.8) is 0 Å². The van der Waals surface area contributed by atoms with Gasteiger partial charge in [-0.25, -0.2) is 8.42 Å². The second-order valence-electron chi connectivity index (χ2n) is 7.63. The van der Waals surface area contributed by atoms with Crippen molar-refractivity contribution in [1.82, 2.24) is 19.3 Å². The van der Waals surface area contributed by atoms with E-state index < -0.39 is 10.0 Å². The van der Waals surface area contributed by atoms with Gasteiger partial charge in [-0.2, -0.15) is 9.29 Å². The molecule has 2 aromatic rings. The number of sulfonamides is 1. The lowest BCUT2D eigenvalue weighted by Crippen LogP contribution is -2.49. The minimum Gasteiger partial charge on any atom is -0.338 e. The Morgan fingerprint density at radius 2 is 1.81 bits per heavy atom. The summed E-state index contributed by atoms with van der Waals surface area (Å²) in [6, 6.07) is 5.33. The summed E-state index contributed by atoms with van der Waals surface area (Å²) in [6.45, 7) is 8.18. The van der Waals surface area contributed by atoms with Gasteiger partial charge in [-0.3, -0.25) is 4.90 Å². The van der Waals surface area contributed by atoms with Crippen molar-refractivity contribution in [2.75, 3.05) is 26.2 Å². The van der Waals surface area contributed by atoms with Crippen molar-refractivity contribution in [3.05, 3.63) is 41.0 Å². The van der Waals surface area contributed by atoms with E-state index in [2.05, 4.69) is 15.0 Å². The first-order valence-corrected chi connectivity index (χ1v) is 10.9. The monoisotopic (exact) mass is 390 g/mol. The Bertz CT molecular complexity index is 928. The fourth-order valence-electron chi connectivity index (χ4n) is 3.44. The third kappa shape index (κ3) is 3.66. The van der Waals surface area contributed by atoms with Crippen LogP contribution in [0.4, 0.5) is 0 Å². The molecule has 0 radical (unpaired) electrons. The number of hydrogen-bond donors (Lipinski definition) is 0. The number of aryl methyl sites for hydroxylation is 2. The van der Waals surface area contributed by atoms with E-state index >= 15 is 0 Å². The first-order chi connectivity index (χ1) is 12.9. The fraction of sp³-hybridized carbons (Fsp3) is 0.579. The van der Waals surface area contributed by atoms with E-state index in [4.69, 9.17) is 4.52 Å². The van der Waals surface area contributed by atoms with E-state index in [9.17, 15) is 8.42 Å². The first kappa shape index (κ1) is 18.6. The molecule has 1 saturated heterocycles. The number of benzene rings is 1. The minimum atomic E-state index is -3.46. The zero-order valence-corrected chi connectivity index (χ0v) is 16.9. The number of nitrogens with zero attached hydrogens (tertiary/aromatic N) is 4. The second kappa shape index (κ2) is 7.00. The van der Waals surface area contributed by atoms with Crippen LogP contribution >= 0.6 is 0 Å². The van der Waals surface area contributed by atoms with Crippen LogP contribution in [0.5, 0.6) is 0 Å². The average Bonchev–Trinajstić information content (AvgIpc) is 3.40. The van der Waals surface area contributed by atoms with E-state index in [1.165, 1.54) is 0 Å². The molecule has 1 aromatic carbocycles. The highest BCUT2D eigenvalue weighted by Crippen LogP contribution is 2.38. The molecule has 1 aliphatic heterocycles. The molecular formula is C19H26N4O3S. The van der Waals surface area contributed by atoms with Gasteiger partial charge in [-0.15, -0.1) is 0 Å². The summed E-state index contributed by atoms with van der Waals surface area (Å²) in [5.41, 5.74) is 2.09. The second-order valence-corrected chi connectivity index (χ2v) is 9.57. The van der Waals surface area contributed by atoms with Crippen molar-refractivity contribution in [1.29, 1.82) is 0 Å². The van der Waals surface area contributed by atoms with Gasteiger partial charge in [0.2, 0.25) is 15.9 Å². The van der Waals surface area contributed by atoms with Gasteiger partial charge in [0.1, 0.15) is 0 Å². The normalized spacial score (nSPS) is 20.7. The maximum Gasteiger partial charge on any atom is 0.243 e. The molecule has 4 rings (SSSR count). The average molecular weight is 391 g/mol. The third-order valence-electron chi connectivity index (χ3n) is 5.69. The molecule has 8 heteroatoms.